The Hall–Kier alpha value is -2.31. The van der Waals surface area contributed by atoms with Crippen molar-refractivity contribution in [3.8, 4) is 0 Å². The van der Waals surface area contributed by atoms with Gasteiger partial charge in [0.1, 0.15) is 6.10 Å². The molecular formula is C22H25F2NO3. The number of aliphatic hydroxyl groups is 1. The number of nitrogens with zero attached hydrogens (tertiary/aromatic N) is 1. The normalized spacial score (nSPS) is 18.5. The van der Waals surface area contributed by atoms with Gasteiger partial charge in [-0.15, -0.1) is 0 Å². The van der Waals surface area contributed by atoms with Crippen LogP contribution in [-0.2, 0) is 22.6 Å². The minimum atomic E-state index is -2.57. The van der Waals surface area contributed by atoms with Crippen LogP contribution in [0.3, 0.4) is 0 Å². The van der Waals surface area contributed by atoms with E-state index in [1.54, 1.807) is 0 Å². The molecule has 1 aliphatic heterocycles. The molecule has 4 nitrogen and oxygen atoms in total. The van der Waals surface area contributed by atoms with Crippen LogP contribution in [0.4, 0.5) is 14.5 Å². The van der Waals surface area contributed by atoms with Gasteiger partial charge in [0.15, 0.2) is 6.29 Å². The van der Waals surface area contributed by atoms with Crippen LogP contribution in [0.15, 0.2) is 54.6 Å². The zero-order chi connectivity index (χ0) is 20.0. The fourth-order valence-corrected chi connectivity index (χ4v) is 3.30. The first-order chi connectivity index (χ1) is 13.5. The molecule has 1 N–H and O–H groups in total. The minimum absolute atomic E-state index is 0.132. The monoisotopic (exact) mass is 389 g/mol. The lowest BCUT2D eigenvalue weighted by Gasteiger charge is -2.33. The smallest absolute Gasteiger partial charge is 0.251 e. The second-order valence-corrected chi connectivity index (χ2v) is 7.18. The number of benzene rings is 2. The van der Waals surface area contributed by atoms with Crippen LogP contribution in [0.5, 0.6) is 0 Å². The van der Waals surface area contributed by atoms with Gasteiger partial charge in [-0.25, -0.2) is 8.78 Å². The lowest BCUT2D eigenvalue weighted by molar-refractivity contribution is -0.126. The molecule has 2 atom stereocenters. The summed E-state index contributed by atoms with van der Waals surface area (Å²) in [5, 5.41) is 10.4. The molecule has 1 saturated heterocycles. The molecule has 0 spiro atoms. The summed E-state index contributed by atoms with van der Waals surface area (Å²) in [6.07, 6.45) is -1.24. The van der Waals surface area contributed by atoms with Crippen molar-refractivity contribution in [2.24, 2.45) is 0 Å². The molecule has 0 saturated carbocycles. The number of rotatable bonds is 8. The van der Waals surface area contributed by atoms with Crippen LogP contribution in [0, 0.1) is 0 Å². The van der Waals surface area contributed by atoms with Crippen LogP contribution >= 0.6 is 0 Å². The van der Waals surface area contributed by atoms with E-state index in [1.807, 2.05) is 59.5 Å². The van der Waals surface area contributed by atoms with Gasteiger partial charge in [-0.3, -0.25) is 0 Å². The van der Waals surface area contributed by atoms with Gasteiger partial charge in [0.25, 0.3) is 5.92 Å². The van der Waals surface area contributed by atoms with Gasteiger partial charge in [0.2, 0.25) is 0 Å². The van der Waals surface area contributed by atoms with Crippen molar-refractivity contribution in [2.75, 3.05) is 18.0 Å². The van der Waals surface area contributed by atoms with E-state index in [1.165, 1.54) is 0 Å². The molecule has 0 bridgehead atoms. The van der Waals surface area contributed by atoms with E-state index >= 15 is 0 Å². The Bertz CT molecular complexity index is 742. The number of ether oxygens (including phenoxy) is 1. The summed E-state index contributed by atoms with van der Waals surface area (Å²) in [4.78, 5) is 13.3. The molecule has 1 aliphatic rings. The number of anilines is 1. The third kappa shape index (κ3) is 5.59. The van der Waals surface area contributed by atoms with E-state index in [-0.39, 0.29) is 25.9 Å². The summed E-state index contributed by atoms with van der Waals surface area (Å²) in [5.41, 5.74) is 2.67. The Morgan fingerprint density at radius 3 is 2.29 bits per heavy atom. The van der Waals surface area contributed by atoms with Crippen LogP contribution in [0.2, 0.25) is 0 Å². The number of carbonyl (C=O) groups is 1. The van der Waals surface area contributed by atoms with Crippen molar-refractivity contribution in [1.82, 2.24) is 0 Å². The van der Waals surface area contributed by atoms with Gasteiger partial charge in [-0.2, -0.15) is 0 Å². The highest BCUT2D eigenvalue weighted by atomic mass is 19.3. The third-order valence-electron chi connectivity index (χ3n) is 5.04. The molecule has 1 heterocycles. The van der Waals surface area contributed by atoms with Gasteiger partial charge >= 0.3 is 0 Å². The standard InChI is InChI=1S/C22H25F2NO3/c23-22(24)10-12-25(13-11-22)19-8-6-17(7-9-19)14-20(27)21(15-26)28-16-18-4-2-1-3-5-18/h1-9,15,20-21,27H,10-14,16H2/t20-,21?/m1/s1. The Morgan fingerprint density at radius 2 is 1.68 bits per heavy atom. The maximum Gasteiger partial charge on any atom is 0.251 e. The molecule has 0 aliphatic carbocycles. The maximum atomic E-state index is 13.3. The molecule has 2 aromatic rings. The highest BCUT2D eigenvalue weighted by Gasteiger charge is 2.34. The van der Waals surface area contributed by atoms with Crippen molar-refractivity contribution in [2.45, 2.75) is 44.0 Å². The first kappa shape index (κ1) is 20.4. The highest BCUT2D eigenvalue weighted by Crippen LogP contribution is 2.30. The number of alkyl halides is 2. The molecule has 2 aromatic carbocycles. The first-order valence-electron chi connectivity index (χ1n) is 9.47. The van der Waals surface area contributed by atoms with Gasteiger partial charge in [-0.05, 0) is 23.3 Å². The zero-order valence-corrected chi connectivity index (χ0v) is 15.6. The Labute approximate surface area is 163 Å². The number of carbonyl (C=O) groups excluding carboxylic acids is 1. The average molecular weight is 389 g/mol. The summed E-state index contributed by atoms with van der Waals surface area (Å²) < 4.78 is 32.1. The molecule has 0 aromatic heterocycles. The second kappa shape index (κ2) is 9.26. The number of hydrogen-bond acceptors (Lipinski definition) is 4. The van der Waals surface area contributed by atoms with Crippen molar-refractivity contribution < 1.29 is 23.4 Å². The molecule has 3 rings (SSSR count). The summed E-state index contributed by atoms with van der Waals surface area (Å²) in [7, 11) is 0. The van der Waals surface area contributed by atoms with Gasteiger partial charge in [0.05, 0.1) is 12.7 Å². The Balaban J connectivity index is 1.53. The molecule has 150 valence electrons. The van der Waals surface area contributed by atoms with Crippen LogP contribution in [-0.4, -0.2) is 42.6 Å². The number of aldehydes is 1. The minimum Gasteiger partial charge on any atom is -0.390 e. The largest absolute Gasteiger partial charge is 0.390 e. The number of piperidine rings is 1. The predicted octanol–water partition coefficient (Wildman–Crippen LogP) is 3.61. The van der Waals surface area contributed by atoms with Crippen molar-refractivity contribution in [3.63, 3.8) is 0 Å². The summed E-state index contributed by atoms with van der Waals surface area (Å²) in [6.45, 7) is 0.908. The molecule has 0 amide bonds. The molecule has 1 unspecified atom stereocenters. The van der Waals surface area contributed by atoms with E-state index < -0.39 is 18.1 Å². The topological polar surface area (TPSA) is 49.8 Å². The van der Waals surface area contributed by atoms with Gasteiger partial charge in [-0.1, -0.05) is 42.5 Å². The lowest BCUT2D eigenvalue weighted by atomic mass is 10.0. The average Bonchev–Trinajstić information content (AvgIpc) is 2.70. The Kier molecular flexibility index (Phi) is 6.75. The summed E-state index contributed by atoms with van der Waals surface area (Å²) in [6, 6.07) is 16.9. The molecule has 1 fully saturated rings. The summed E-state index contributed by atoms with van der Waals surface area (Å²) in [5.74, 6) is -2.57. The Morgan fingerprint density at radius 1 is 1.04 bits per heavy atom. The van der Waals surface area contributed by atoms with Crippen LogP contribution < -0.4 is 4.90 Å². The number of halogens is 2. The zero-order valence-electron chi connectivity index (χ0n) is 15.6. The van der Waals surface area contributed by atoms with Crippen LogP contribution in [0.25, 0.3) is 0 Å². The predicted molar refractivity (Wildman–Crippen MR) is 104 cm³/mol. The van der Waals surface area contributed by atoms with Crippen molar-refractivity contribution in [3.05, 3.63) is 65.7 Å². The SMILES string of the molecule is O=CC(OCc1ccccc1)[C@H](O)Cc1ccc(N2CCC(F)(F)CC2)cc1. The number of aliphatic hydroxyl groups excluding tert-OH is 1. The van der Waals surface area contributed by atoms with E-state index in [9.17, 15) is 18.7 Å². The molecular weight excluding hydrogens is 364 g/mol. The van der Waals surface area contributed by atoms with Crippen molar-refractivity contribution >= 4 is 12.0 Å². The molecule has 28 heavy (non-hydrogen) atoms. The molecule has 0 radical (unpaired) electrons. The quantitative estimate of drug-likeness (QED) is 0.701. The fourth-order valence-electron chi connectivity index (χ4n) is 3.30. The van der Waals surface area contributed by atoms with Gasteiger partial charge in [0, 0.05) is 38.0 Å². The number of hydrogen-bond donors (Lipinski definition) is 1. The van der Waals surface area contributed by atoms with E-state index in [2.05, 4.69) is 0 Å². The fraction of sp³-hybridized carbons (Fsp3) is 0.409. The maximum absolute atomic E-state index is 13.3. The second-order valence-electron chi connectivity index (χ2n) is 7.18. The van der Waals surface area contributed by atoms with Crippen molar-refractivity contribution in [1.29, 1.82) is 0 Å². The summed E-state index contributed by atoms with van der Waals surface area (Å²) >= 11 is 0. The van der Waals surface area contributed by atoms with E-state index in [4.69, 9.17) is 4.74 Å². The van der Waals surface area contributed by atoms with Gasteiger partial charge < -0.3 is 19.5 Å². The van der Waals surface area contributed by atoms with E-state index in [0.29, 0.717) is 19.4 Å². The van der Waals surface area contributed by atoms with E-state index in [0.717, 1.165) is 16.8 Å². The first-order valence-corrected chi connectivity index (χ1v) is 9.47. The molecule has 6 heteroatoms. The third-order valence-corrected chi connectivity index (χ3v) is 5.04. The highest BCUT2D eigenvalue weighted by molar-refractivity contribution is 5.57. The van der Waals surface area contributed by atoms with Crippen LogP contribution in [0.1, 0.15) is 24.0 Å². The lowest BCUT2D eigenvalue weighted by Crippen LogP contribution is -2.39.